The molecule has 0 radical (unpaired) electrons. The number of nitrogens with zero attached hydrogens (tertiary/aromatic N) is 2. The number of carbonyl (C=O) groups is 2. The zero-order valence-electron chi connectivity index (χ0n) is 36.8. The van der Waals surface area contributed by atoms with Crippen molar-refractivity contribution in [1.29, 1.82) is 0 Å². The van der Waals surface area contributed by atoms with Gasteiger partial charge in [0.2, 0.25) is 5.72 Å². The molecule has 57 heavy (non-hydrogen) atoms. The summed E-state index contributed by atoms with van der Waals surface area (Å²) in [6.07, 6.45) is 7.21. The Balaban J connectivity index is 1.05. The van der Waals surface area contributed by atoms with Crippen LogP contribution in [0.3, 0.4) is 0 Å². The molecule has 11 heteroatoms. The van der Waals surface area contributed by atoms with Crippen LogP contribution in [0.5, 0.6) is 11.5 Å². The molecule has 2 heterocycles. The average Bonchev–Trinajstić information content (AvgIpc) is 3.32. The van der Waals surface area contributed by atoms with E-state index in [-0.39, 0.29) is 35.1 Å². The number of likely N-dealkylation sites (N-methyl/N-ethyl adjacent to an activating group) is 1. The SMILES string of the molecule is CCCC[Si](C)(C)C(C)(CC)O[Si](C)(C)C(C)(C)CCCOCCOC(=O)CCC(=O)Oc1ccc2ccc3c(c2c1)N=CC1(O3)N(C)c2ccccc2C1(C)C. The lowest BCUT2D eigenvalue weighted by molar-refractivity contribution is -0.148. The van der Waals surface area contributed by atoms with Crippen LogP contribution in [0.15, 0.2) is 59.6 Å². The maximum absolute atomic E-state index is 12.8. The second-order valence-electron chi connectivity index (χ2n) is 18.5. The molecule has 2 atom stereocenters. The highest BCUT2D eigenvalue weighted by atomic mass is 28.4. The Morgan fingerprint density at radius 1 is 0.895 bits per heavy atom. The number of benzene rings is 3. The molecular weight excluding hydrogens is 749 g/mol. The lowest BCUT2D eigenvalue weighted by Gasteiger charge is -2.51. The first-order chi connectivity index (χ1) is 26.7. The second-order valence-corrected chi connectivity index (χ2v) is 28.4. The molecule has 2 unspecified atom stereocenters. The number of carbonyl (C=O) groups excluding carboxylic acids is 2. The monoisotopic (exact) mass is 816 g/mol. The molecule has 0 aliphatic carbocycles. The molecule has 0 saturated heterocycles. The Bertz CT molecular complexity index is 1940. The van der Waals surface area contributed by atoms with Gasteiger partial charge in [0.05, 0.1) is 39.2 Å². The number of esters is 2. The fourth-order valence-corrected chi connectivity index (χ4v) is 15.3. The summed E-state index contributed by atoms with van der Waals surface area (Å²) < 4.78 is 30.9. The molecule has 312 valence electrons. The number of aliphatic imine (C=N–C) groups is 1. The van der Waals surface area contributed by atoms with Gasteiger partial charge in [-0.2, -0.15) is 0 Å². The highest BCUT2D eigenvalue weighted by Crippen LogP contribution is 2.54. The number of unbranched alkanes of at least 4 members (excludes halogenated alkanes) is 1. The van der Waals surface area contributed by atoms with E-state index in [0.717, 1.165) is 35.7 Å². The Kier molecular flexibility index (Phi) is 13.6. The van der Waals surface area contributed by atoms with Crippen LogP contribution < -0.4 is 14.4 Å². The van der Waals surface area contributed by atoms with Gasteiger partial charge in [-0.1, -0.05) is 90.0 Å². The molecule has 2 aliphatic rings. The molecule has 0 fully saturated rings. The highest BCUT2D eigenvalue weighted by Gasteiger charge is 2.58. The smallest absolute Gasteiger partial charge is 0.311 e. The molecule has 3 aromatic carbocycles. The van der Waals surface area contributed by atoms with Gasteiger partial charge in [-0.15, -0.1) is 0 Å². The van der Waals surface area contributed by atoms with Crippen LogP contribution in [0.2, 0.25) is 37.3 Å². The summed E-state index contributed by atoms with van der Waals surface area (Å²) in [7, 11) is -1.59. The fraction of sp³-hybridized carbons (Fsp3) is 0.587. The molecule has 9 nitrogen and oxygen atoms in total. The summed E-state index contributed by atoms with van der Waals surface area (Å²) in [5.74, 6) is 0.0652. The van der Waals surface area contributed by atoms with Gasteiger partial charge in [-0.05, 0) is 93.4 Å². The van der Waals surface area contributed by atoms with Crippen molar-refractivity contribution < 1.29 is 33.0 Å². The Morgan fingerprint density at radius 2 is 1.60 bits per heavy atom. The van der Waals surface area contributed by atoms with Crippen LogP contribution in [0.1, 0.15) is 99.0 Å². The van der Waals surface area contributed by atoms with E-state index < -0.39 is 34.1 Å². The molecular formula is C46H68N2O7Si2. The van der Waals surface area contributed by atoms with Crippen molar-refractivity contribution >= 4 is 56.7 Å². The minimum atomic E-state index is -2.05. The maximum atomic E-state index is 12.8. The zero-order valence-corrected chi connectivity index (χ0v) is 38.8. The van der Waals surface area contributed by atoms with Crippen molar-refractivity contribution in [2.45, 2.75) is 147 Å². The van der Waals surface area contributed by atoms with Gasteiger partial charge in [-0.25, -0.2) is 0 Å². The van der Waals surface area contributed by atoms with Gasteiger partial charge in [-0.3, -0.25) is 14.6 Å². The molecule has 0 amide bonds. The maximum Gasteiger partial charge on any atom is 0.311 e. The van der Waals surface area contributed by atoms with Crippen LogP contribution in [0.4, 0.5) is 11.4 Å². The third-order valence-corrected chi connectivity index (χ3v) is 23.2. The Labute approximate surface area is 344 Å². The van der Waals surface area contributed by atoms with Crippen LogP contribution in [0, 0.1) is 0 Å². The number of hydrogen-bond donors (Lipinski definition) is 0. The van der Waals surface area contributed by atoms with Crippen molar-refractivity contribution in [2.75, 3.05) is 31.8 Å². The van der Waals surface area contributed by atoms with Gasteiger partial charge in [0.15, 0.2) is 8.32 Å². The topological polar surface area (TPSA) is 95.9 Å². The highest BCUT2D eigenvalue weighted by molar-refractivity contribution is 6.82. The number of para-hydroxylation sites is 1. The first-order valence-corrected chi connectivity index (χ1v) is 27.1. The molecule has 0 N–H and O–H groups in total. The Hall–Kier alpha value is -3.52. The van der Waals surface area contributed by atoms with E-state index >= 15 is 0 Å². The summed E-state index contributed by atoms with van der Waals surface area (Å²) in [6, 6.07) is 19.0. The van der Waals surface area contributed by atoms with E-state index in [1.807, 2.05) is 37.5 Å². The van der Waals surface area contributed by atoms with Gasteiger partial charge < -0.3 is 28.3 Å². The molecule has 0 aromatic heterocycles. The Morgan fingerprint density at radius 3 is 2.30 bits per heavy atom. The predicted molar refractivity (Wildman–Crippen MR) is 238 cm³/mol. The van der Waals surface area contributed by atoms with E-state index in [1.54, 1.807) is 12.1 Å². The van der Waals surface area contributed by atoms with E-state index in [1.165, 1.54) is 24.4 Å². The second kappa shape index (κ2) is 17.4. The normalized spacial score (nSPS) is 18.6. The van der Waals surface area contributed by atoms with Crippen LogP contribution in [-0.2, 0) is 28.9 Å². The molecule has 0 bridgehead atoms. The first kappa shape index (κ1) is 44.6. The van der Waals surface area contributed by atoms with Crippen molar-refractivity contribution in [3.8, 4) is 11.5 Å². The first-order valence-electron chi connectivity index (χ1n) is 21.0. The van der Waals surface area contributed by atoms with Crippen molar-refractivity contribution in [1.82, 2.24) is 0 Å². The molecule has 2 aliphatic heterocycles. The average molecular weight is 817 g/mol. The third-order valence-electron chi connectivity index (χ3n) is 13.6. The van der Waals surface area contributed by atoms with Gasteiger partial charge >= 0.3 is 11.9 Å². The van der Waals surface area contributed by atoms with Crippen molar-refractivity contribution in [3.63, 3.8) is 0 Å². The van der Waals surface area contributed by atoms with Crippen LogP contribution in [0.25, 0.3) is 10.8 Å². The summed E-state index contributed by atoms with van der Waals surface area (Å²) in [6.45, 7) is 26.8. The van der Waals surface area contributed by atoms with E-state index in [9.17, 15) is 9.59 Å². The van der Waals surface area contributed by atoms with Crippen molar-refractivity contribution in [3.05, 3.63) is 60.2 Å². The fourth-order valence-electron chi connectivity index (χ4n) is 8.38. The van der Waals surface area contributed by atoms with E-state index in [4.69, 9.17) is 28.4 Å². The number of ether oxygens (including phenoxy) is 4. The molecule has 3 aromatic rings. The summed E-state index contributed by atoms with van der Waals surface area (Å²) in [4.78, 5) is 32.4. The van der Waals surface area contributed by atoms with Crippen molar-refractivity contribution in [2.24, 2.45) is 4.99 Å². The van der Waals surface area contributed by atoms with Crippen LogP contribution >= 0.6 is 0 Å². The summed E-state index contributed by atoms with van der Waals surface area (Å²) >= 11 is 0. The standard InChI is InChI=1S/C46H68N2O7Si2/c1-13-15-31-56(9,10)45(7,14-2)55-57(11,12)43(3,4)27-18-28-51-29-30-52-40(49)25-26-41(50)53-35-23-21-34-22-24-39-42(36(34)32-35)47-33-46(54-39)44(5,6)37-19-16-17-20-38(37)48(46)8/h16-17,19-24,32-33H,13-15,18,25-31H2,1-12H3. The van der Waals surface area contributed by atoms with Crippen LogP contribution in [-0.4, -0.2) is 72.4 Å². The molecule has 5 rings (SSSR count). The zero-order chi connectivity index (χ0) is 41.9. The third kappa shape index (κ3) is 9.06. The van der Waals surface area contributed by atoms with Gasteiger partial charge in [0.1, 0.15) is 23.8 Å². The number of fused-ring (bicyclic) bond motifs is 4. The van der Waals surface area contributed by atoms with E-state index in [2.05, 4.69) is 97.8 Å². The summed E-state index contributed by atoms with van der Waals surface area (Å²) in [5.41, 5.74) is 1.83. The lowest BCUT2D eigenvalue weighted by atomic mass is 9.77. The minimum absolute atomic E-state index is 0.0303. The number of hydrogen-bond acceptors (Lipinski definition) is 9. The number of anilines is 1. The number of rotatable bonds is 19. The van der Waals surface area contributed by atoms with Gasteiger partial charge in [0.25, 0.3) is 0 Å². The summed E-state index contributed by atoms with van der Waals surface area (Å²) in [5, 5.41) is 1.81. The largest absolute Gasteiger partial charge is 0.463 e. The van der Waals surface area contributed by atoms with E-state index in [0.29, 0.717) is 30.4 Å². The lowest BCUT2D eigenvalue weighted by Crippen LogP contribution is -2.61. The minimum Gasteiger partial charge on any atom is -0.463 e. The quantitative estimate of drug-likeness (QED) is 0.0511. The molecule has 1 spiro atoms. The molecule has 0 saturated carbocycles. The van der Waals surface area contributed by atoms with Gasteiger partial charge in [0, 0.05) is 30.0 Å². The predicted octanol–water partition coefficient (Wildman–Crippen LogP) is 11.3.